The highest BCUT2D eigenvalue weighted by Gasteiger charge is 2.10. The Balaban J connectivity index is 1.57. The highest BCUT2D eigenvalue weighted by atomic mass is 32.2. The molecule has 4 nitrogen and oxygen atoms in total. The van der Waals surface area contributed by atoms with Crippen LogP contribution < -0.4 is 5.32 Å². The van der Waals surface area contributed by atoms with Crippen molar-refractivity contribution in [3.05, 3.63) is 71.9 Å². The standard InChI is InChI=1S/C22H24N4S/c1-18-8-10-21(11-9-18)27-15-13-24-16-20-17-26(14-5-12-23)25-22(20)19-6-3-2-4-7-19/h2-4,6-11,17,24H,5,13-16H2,1H3. The minimum atomic E-state index is 0.468. The van der Waals surface area contributed by atoms with Crippen molar-refractivity contribution >= 4 is 11.8 Å². The minimum absolute atomic E-state index is 0.468. The Hall–Kier alpha value is -2.55. The number of hydrogen-bond donors (Lipinski definition) is 1. The number of nitrogens with one attached hydrogen (secondary N) is 1. The fraction of sp³-hybridized carbons (Fsp3) is 0.273. The molecule has 0 aliphatic carbocycles. The second-order valence-electron chi connectivity index (χ2n) is 6.38. The molecule has 0 amide bonds. The van der Waals surface area contributed by atoms with Crippen molar-refractivity contribution in [2.45, 2.75) is 31.3 Å². The van der Waals surface area contributed by atoms with E-state index in [1.807, 2.05) is 34.6 Å². The van der Waals surface area contributed by atoms with E-state index in [1.54, 1.807) is 0 Å². The molecule has 0 unspecified atom stereocenters. The molecule has 0 bridgehead atoms. The van der Waals surface area contributed by atoms with Crippen molar-refractivity contribution in [2.75, 3.05) is 12.3 Å². The highest BCUT2D eigenvalue weighted by Crippen LogP contribution is 2.22. The van der Waals surface area contributed by atoms with Crippen LogP contribution in [0.2, 0.25) is 0 Å². The topological polar surface area (TPSA) is 53.6 Å². The van der Waals surface area contributed by atoms with Crippen LogP contribution in [0.5, 0.6) is 0 Å². The maximum Gasteiger partial charge on any atom is 0.0968 e. The molecule has 3 aromatic rings. The zero-order valence-electron chi connectivity index (χ0n) is 15.6. The van der Waals surface area contributed by atoms with Gasteiger partial charge in [0.1, 0.15) is 0 Å². The summed E-state index contributed by atoms with van der Waals surface area (Å²) in [6.07, 6.45) is 2.52. The van der Waals surface area contributed by atoms with Gasteiger partial charge in [-0.2, -0.15) is 10.4 Å². The van der Waals surface area contributed by atoms with E-state index < -0.39 is 0 Å². The normalized spacial score (nSPS) is 10.7. The Morgan fingerprint density at radius 1 is 1.11 bits per heavy atom. The number of nitrogens with zero attached hydrogens (tertiary/aromatic N) is 3. The molecule has 0 aliphatic heterocycles. The smallest absolute Gasteiger partial charge is 0.0968 e. The van der Waals surface area contributed by atoms with Crippen molar-refractivity contribution in [3.63, 3.8) is 0 Å². The predicted molar refractivity (Wildman–Crippen MR) is 112 cm³/mol. The lowest BCUT2D eigenvalue weighted by molar-refractivity contribution is 0.627. The zero-order chi connectivity index (χ0) is 18.9. The molecule has 0 aliphatic rings. The molecule has 0 atom stereocenters. The maximum absolute atomic E-state index is 8.82. The van der Waals surface area contributed by atoms with Crippen LogP contribution in [0.3, 0.4) is 0 Å². The number of benzene rings is 2. The van der Waals surface area contributed by atoms with Crippen molar-refractivity contribution in [1.29, 1.82) is 5.26 Å². The molecule has 0 saturated heterocycles. The monoisotopic (exact) mass is 376 g/mol. The van der Waals surface area contributed by atoms with Gasteiger partial charge in [0.25, 0.3) is 0 Å². The lowest BCUT2D eigenvalue weighted by Crippen LogP contribution is -2.16. The van der Waals surface area contributed by atoms with E-state index >= 15 is 0 Å². The zero-order valence-corrected chi connectivity index (χ0v) is 16.4. The van der Waals surface area contributed by atoms with Gasteiger partial charge >= 0.3 is 0 Å². The number of rotatable bonds is 9. The molecule has 1 aromatic heterocycles. The van der Waals surface area contributed by atoms with Crippen molar-refractivity contribution in [1.82, 2.24) is 15.1 Å². The van der Waals surface area contributed by atoms with Gasteiger partial charge in [0.15, 0.2) is 0 Å². The van der Waals surface area contributed by atoms with Crippen LogP contribution in [-0.4, -0.2) is 22.1 Å². The summed E-state index contributed by atoms with van der Waals surface area (Å²) in [7, 11) is 0. The second-order valence-corrected chi connectivity index (χ2v) is 7.55. The lowest BCUT2D eigenvalue weighted by Gasteiger charge is -2.06. The third-order valence-corrected chi connectivity index (χ3v) is 5.24. The van der Waals surface area contributed by atoms with Gasteiger partial charge in [-0.1, -0.05) is 48.0 Å². The summed E-state index contributed by atoms with van der Waals surface area (Å²) in [4.78, 5) is 1.30. The van der Waals surface area contributed by atoms with Crippen LogP contribution in [0.15, 0.2) is 65.7 Å². The summed E-state index contributed by atoms with van der Waals surface area (Å²) in [5.74, 6) is 1.02. The Labute approximate surface area is 165 Å². The molecule has 0 fully saturated rings. The molecule has 3 rings (SSSR count). The molecule has 1 heterocycles. The quantitative estimate of drug-likeness (QED) is 0.436. The molecule has 138 valence electrons. The average Bonchev–Trinajstić information content (AvgIpc) is 3.11. The summed E-state index contributed by atoms with van der Waals surface area (Å²) in [6, 6.07) is 21.0. The minimum Gasteiger partial charge on any atom is -0.312 e. The number of aryl methyl sites for hydroxylation is 2. The van der Waals surface area contributed by atoms with E-state index in [2.05, 4.69) is 60.9 Å². The first-order valence-electron chi connectivity index (χ1n) is 9.15. The van der Waals surface area contributed by atoms with Crippen LogP contribution in [0.25, 0.3) is 11.3 Å². The summed E-state index contributed by atoms with van der Waals surface area (Å²) >= 11 is 1.86. The van der Waals surface area contributed by atoms with Gasteiger partial charge in [0.05, 0.1) is 24.7 Å². The van der Waals surface area contributed by atoms with E-state index in [0.717, 1.165) is 30.1 Å². The van der Waals surface area contributed by atoms with Gasteiger partial charge in [-0.05, 0) is 19.1 Å². The van der Waals surface area contributed by atoms with Crippen molar-refractivity contribution in [2.24, 2.45) is 0 Å². The molecule has 1 N–H and O–H groups in total. The fourth-order valence-electron chi connectivity index (χ4n) is 2.81. The summed E-state index contributed by atoms with van der Waals surface area (Å²) < 4.78 is 1.88. The fourth-order valence-corrected chi connectivity index (χ4v) is 3.62. The molecule has 2 aromatic carbocycles. The van der Waals surface area contributed by atoms with Crippen LogP contribution in [0.1, 0.15) is 17.5 Å². The van der Waals surface area contributed by atoms with Gasteiger partial charge in [-0.25, -0.2) is 0 Å². The summed E-state index contributed by atoms with van der Waals surface area (Å²) in [6.45, 7) is 4.43. The third kappa shape index (κ3) is 5.72. The van der Waals surface area contributed by atoms with Gasteiger partial charge < -0.3 is 5.32 Å². The third-order valence-electron chi connectivity index (χ3n) is 4.22. The molecule has 27 heavy (non-hydrogen) atoms. The maximum atomic E-state index is 8.82. The van der Waals surface area contributed by atoms with Crippen molar-refractivity contribution in [3.8, 4) is 17.3 Å². The van der Waals surface area contributed by atoms with Crippen LogP contribution >= 0.6 is 11.8 Å². The first-order valence-corrected chi connectivity index (χ1v) is 10.1. The number of aromatic nitrogens is 2. The van der Waals surface area contributed by atoms with Crippen LogP contribution in [0.4, 0.5) is 0 Å². The first-order chi connectivity index (χ1) is 13.3. The molecular formula is C22H24N4S. The molecule has 5 heteroatoms. The first kappa shape index (κ1) is 19.2. The number of nitriles is 1. The average molecular weight is 377 g/mol. The van der Waals surface area contributed by atoms with Gasteiger partial charge in [0, 0.05) is 41.1 Å². The molecular weight excluding hydrogens is 352 g/mol. The molecule has 0 spiro atoms. The Kier molecular flexibility index (Phi) is 7.09. The van der Waals surface area contributed by atoms with Crippen molar-refractivity contribution < 1.29 is 0 Å². The molecule has 0 saturated carbocycles. The summed E-state index contributed by atoms with van der Waals surface area (Å²) in [5.41, 5.74) is 4.56. The van der Waals surface area contributed by atoms with E-state index in [-0.39, 0.29) is 0 Å². The van der Waals surface area contributed by atoms with Gasteiger partial charge in [-0.3, -0.25) is 4.68 Å². The summed E-state index contributed by atoms with van der Waals surface area (Å²) in [5, 5.41) is 17.0. The highest BCUT2D eigenvalue weighted by molar-refractivity contribution is 7.99. The van der Waals surface area contributed by atoms with E-state index in [4.69, 9.17) is 10.4 Å². The van der Waals surface area contributed by atoms with E-state index in [1.165, 1.54) is 16.0 Å². The lowest BCUT2D eigenvalue weighted by atomic mass is 10.1. The predicted octanol–water partition coefficient (Wildman–Crippen LogP) is 4.65. The second kappa shape index (κ2) is 9.96. The molecule has 0 radical (unpaired) electrons. The number of thioether (sulfide) groups is 1. The Morgan fingerprint density at radius 3 is 2.63 bits per heavy atom. The van der Waals surface area contributed by atoms with Gasteiger partial charge in [-0.15, -0.1) is 11.8 Å². The SMILES string of the molecule is Cc1ccc(SCCNCc2cn(CCC#N)nc2-c2ccccc2)cc1. The Bertz CT molecular complexity index is 879. The van der Waals surface area contributed by atoms with E-state index in [0.29, 0.717) is 13.0 Å². The van der Waals surface area contributed by atoms with Gasteiger partial charge in [0.2, 0.25) is 0 Å². The van der Waals surface area contributed by atoms with E-state index in [9.17, 15) is 0 Å². The largest absolute Gasteiger partial charge is 0.312 e. The Morgan fingerprint density at radius 2 is 1.89 bits per heavy atom. The van der Waals surface area contributed by atoms with Crippen LogP contribution in [0, 0.1) is 18.3 Å². The number of hydrogen-bond acceptors (Lipinski definition) is 4. The van der Waals surface area contributed by atoms with Crippen LogP contribution in [-0.2, 0) is 13.1 Å².